The van der Waals surface area contributed by atoms with E-state index in [1.807, 2.05) is 33.3 Å². The minimum absolute atomic E-state index is 0.0460. The first-order chi connectivity index (χ1) is 37.9. The third-order valence-electron chi connectivity index (χ3n) is 16.0. The van der Waals surface area contributed by atoms with Crippen LogP contribution in [0.4, 0.5) is 0 Å². The van der Waals surface area contributed by atoms with Crippen LogP contribution in [0.1, 0.15) is 361 Å². The molecule has 10 heteroatoms. The summed E-state index contributed by atoms with van der Waals surface area (Å²) in [5.74, 6) is -0.479. The Morgan fingerprint density at radius 1 is 0.436 bits per heavy atom. The van der Waals surface area contributed by atoms with Crippen molar-refractivity contribution in [1.29, 1.82) is 0 Å². The number of hydrogen-bond acceptors (Lipinski definition) is 6. The molecule has 78 heavy (non-hydrogen) atoms. The number of likely N-dealkylation sites (N-methyl/N-ethyl adjacent to an activating group) is 1. The van der Waals surface area contributed by atoms with Crippen LogP contribution in [0.2, 0.25) is 0 Å². The molecule has 0 saturated heterocycles. The highest BCUT2D eigenvalue weighted by molar-refractivity contribution is 7.47. The van der Waals surface area contributed by atoms with E-state index in [-0.39, 0.29) is 25.1 Å². The third kappa shape index (κ3) is 59.4. The highest BCUT2D eigenvalue weighted by Gasteiger charge is 2.30. The average molecular weight is 1120 g/mol. The summed E-state index contributed by atoms with van der Waals surface area (Å²) >= 11 is 0. The van der Waals surface area contributed by atoms with E-state index in [1.165, 1.54) is 270 Å². The molecule has 0 fully saturated rings. The van der Waals surface area contributed by atoms with Gasteiger partial charge in [-0.1, -0.05) is 329 Å². The van der Waals surface area contributed by atoms with Crippen molar-refractivity contribution in [1.82, 2.24) is 5.32 Å². The predicted octanol–water partition coefficient (Wildman–Crippen LogP) is 21.5. The van der Waals surface area contributed by atoms with Gasteiger partial charge in [0, 0.05) is 12.8 Å². The molecule has 0 saturated carbocycles. The van der Waals surface area contributed by atoms with Crippen molar-refractivity contribution >= 4 is 19.7 Å². The first kappa shape index (κ1) is 76.8. The molecule has 0 radical (unpaired) electrons. The summed E-state index contributed by atoms with van der Waals surface area (Å²) in [5.41, 5.74) is 0. The maximum absolute atomic E-state index is 13.6. The van der Waals surface area contributed by atoms with Gasteiger partial charge in [-0.2, -0.15) is 0 Å². The Kier molecular flexibility index (Phi) is 58.0. The largest absolute Gasteiger partial charge is 0.472 e. The Morgan fingerprint density at radius 3 is 1.05 bits per heavy atom. The number of phosphoric ester groups is 1. The molecule has 464 valence electrons. The van der Waals surface area contributed by atoms with Crippen LogP contribution < -0.4 is 5.32 Å². The number of allylic oxidation sites excluding steroid dienone is 1. The smallest absolute Gasteiger partial charge is 0.456 e. The molecule has 1 amide bonds. The third-order valence-corrected chi connectivity index (χ3v) is 17.0. The summed E-state index contributed by atoms with van der Waals surface area (Å²) in [6.07, 6.45) is 69.3. The number of esters is 1. The molecule has 0 aliphatic heterocycles. The lowest BCUT2D eigenvalue weighted by atomic mass is 10.0. The van der Waals surface area contributed by atoms with E-state index < -0.39 is 20.0 Å². The molecular formula is C68H136N2O7P+. The Balaban J connectivity index is 5.05. The summed E-state index contributed by atoms with van der Waals surface area (Å²) in [4.78, 5) is 37.8. The van der Waals surface area contributed by atoms with E-state index in [0.717, 1.165) is 57.8 Å². The lowest BCUT2D eigenvalue weighted by Crippen LogP contribution is -2.47. The minimum Gasteiger partial charge on any atom is -0.456 e. The van der Waals surface area contributed by atoms with Crippen molar-refractivity contribution < 1.29 is 37.3 Å². The summed E-state index contributed by atoms with van der Waals surface area (Å²) in [6.45, 7) is 7.09. The van der Waals surface area contributed by atoms with Crippen molar-refractivity contribution in [2.45, 2.75) is 373 Å². The van der Waals surface area contributed by atoms with E-state index in [0.29, 0.717) is 23.9 Å². The first-order valence-corrected chi connectivity index (χ1v) is 36.0. The Labute approximate surface area is 486 Å². The van der Waals surface area contributed by atoms with Gasteiger partial charge in [-0.15, -0.1) is 0 Å². The van der Waals surface area contributed by atoms with Gasteiger partial charge in [0.25, 0.3) is 0 Å². The van der Waals surface area contributed by atoms with Gasteiger partial charge in [-0.25, -0.2) is 4.57 Å². The number of hydrogen-bond donors (Lipinski definition) is 2. The number of amides is 1. The second kappa shape index (κ2) is 58.9. The highest BCUT2D eigenvalue weighted by atomic mass is 31.2. The summed E-state index contributed by atoms with van der Waals surface area (Å²) in [5, 5.41) is 3.08. The molecular weight excluding hydrogens is 988 g/mol. The van der Waals surface area contributed by atoms with Gasteiger partial charge in [0.2, 0.25) is 5.91 Å². The molecule has 0 rings (SSSR count). The molecule has 3 atom stereocenters. The number of rotatable bonds is 64. The number of carbonyl (C=O) groups is 2. The van der Waals surface area contributed by atoms with Gasteiger partial charge in [-0.05, 0) is 31.8 Å². The van der Waals surface area contributed by atoms with E-state index in [9.17, 15) is 19.0 Å². The fourth-order valence-corrected chi connectivity index (χ4v) is 11.4. The number of ether oxygens (including phenoxy) is 1. The number of nitrogens with zero attached hydrogens (tertiary/aromatic N) is 1. The molecule has 0 aromatic carbocycles. The maximum atomic E-state index is 13.6. The van der Waals surface area contributed by atoms with Crippen molar-refractivity contribution in [3.63, 3.8) is 0 Å². The van der Waals surface area contributed by atoms with E-state index >= 15 is 0 Å². The monoisotopic (exact) mass is 1120 g/mol. The molecule has 0 spiro atoms. The fraction of sp³-hybridized carbons (Fsp3) is 0.941. The molecule has 0 heterocycles. The number of nitrogens with one attached hydrogen (secondary N) is 1. The Bertz CT molecular complexity index is 1340. The van der Waals surface area contributed by atoms with E-state index in [1.54, 1.807) is 0 Å². The lowest BCUT2D eigenvalue weighted by molar-refractivity contribution is -0.870. The van der Waals surface area contributed by atoms with Crippen LogP contribution in [-0.2, 0) is 27.9 Å². The van der Waals surface area contributed by atoms with Gasteiger partial charge < -0.3 is 19.4 Å². The molecule has 0 aromatic rings. The van der Waals surface area contributed by atoms with Gasteiger partial charge in [0.05, 0.1) is 33.8 Å². The second-order valence-electron chi connectivity index (χ2n) is 25.1. The van der Waals surface area contributed by atoms with Crippen LogP contribution in [-0.4, -0.2) is 74.3 Å². The molecule has 2 N–H and O–H groups in total. The second-order valence-corrected chi connectivity index (χ2v) is 26.5. The topological polar surface area (TPSA) is 111 Å². The molecule has 0 aliphatic carbocycles. The number of unbranched alkanes of at least 4 members (excludes halogenated alkanes) is 48. The van der Waals surface area contributed by atoms with Crippen molar-refractivity contribution in [2.24, 2.45) is 0 Å². The fourth-order valence-electron chi connectivity index (χ4n) is 10.7. The minimum atomic E-state index is -4.44. The zero-order chi connectivity index (χ0) is 57.2. The number of carbonyl (C=O) groups excluding carboxylic acids is 2. The van der Waals surface area contributed by atoms with Crippen molar-refractivity contribution in [2.75, 3.05) is 40.9 Å². The lowest BCUT2D eigenvalue weighted by Gasteiger charge is -2.27. The van der Waals surface area contributed by atoms with Crippen LogP contribution in [0.25, 0.3) is 0 Å². The zero-order valence-corrected chi connectivity index (χ0v) is 54.1. The standard InChI is InChI=1S/C68H135N2O7P/c1-7-10-13-16-19-22-25-28-30-32-33-34-35-36-37-39-40-42-45-48-51-54-57-60-67(71)69-65(64-76-78(73,74)75-63-62-70(4,5)6)66(59-56-53-50-47-44-27-24-21-18-15-12-9-3)77-68(72)61-58-55-52-49-46-43-41-38-31-29-26-23-20-17-14-11-8-2/h56,59,65-66H,7-55,57-58,60-64H2,1-6H3,(H-,69,71,73,74)/p+1/b59-56+. The summed E-state index contributed by atoms with van der Waals surface area (Å²) in [6, 6.07) is -0.840. The van der Waals surface area contributed by atoms with Crippen LogP contribution in [0.3, 0.4) is 0 Å². The maximum Gasteiger partial charge on any atom is 0.472 e. The van der Waals surface area contributed by atoms with Crippen LogP contribution in [0, 0.1) is 0 Å². The Hall–Kier alpha value is -1.25. The number of phosphoric acid groups is 1. The first-order valence-electron chi connectivity index (χ1n) is 34.5. The summed E-state index contributed by atoms with van der Waals surface area (Å²) < 4.78 is 30.8. The van der Waals surface area contributed by atoms with Crippen LogP contribution >= 0.6 is 7.82 Å². The van der Waals surface area contributed by atoms with Gasteiger partial charge >= 0.3 is 13.8 Å². The Morgan fingerprint density at radius 2 is 0.731 bits per heavy atom. The van der Waals surface area contributed by atoms with E-state index in [4.69, 9.17) is 13.8 Å². The van der Waals surface area contributed by atoms with E-state index in [2.05, 4.69) is 26.1 Å². The zero-order valence-electron chi connectivity index (χ0n) is 53.2. The van der Waals surface area contributed by atoms with Gasteiger partial charge in [0.1, 0.15) is 19.3 Å². The molecule has 0 bridgehead atoms. The average Bonchev–Trinajstić information content (AvgIpc) is 3.40. The SMILES string of the molecule is CCCCCCCCCCCC/C=C/C(OC(=O)CCCCCCCCCCCCCCCCCCC)C(COP(=O)(O)OCC[N+](C)(C)C)NC(=O)CCCCCCCCCCCCCCCCCCCCCCCCC. The quantitative estimate of drug-likeness (QED) is 0.0205. The predicted molar refractivity (Wildman–Crippen MR) is 337 cm³/mol. The summed E-state index contributed by atoms with van der Waals surface area (Å²) in [7, 11) is 1.52. The molecule has 9 nitrogen and oxygen atoms in total. The van der Waals surface area contributed by atoms with Gasteiger partial charge in [0.15, 0.2) is 0 Å². The molecule has 3 unspecified atom stereocenters. The van der Waals surface area contributed by atoms with Crippen molar-refractivity contribution in [3.8, 4) is 0 Å². The molecule has 0 aliphatic rings. The highest BCUT2D eigenvalue weighted by Crippen LogP contribution is 2.43. The normalized spacial score (nSPS) is 13.6. The van der Waals surface area contributed by atoms with Crippen LogP contribution in [0.15, 0.2) is 12.2 Å². The van der Waals surface area contributed by atoms with Crippen molar-refractivity contribution in [3.05, 3.63) is 12.2 Å². The number of quaternary nitrogens is 1. The van der Waals surface area contributed by atoms with Crippen LogP contribution in [0.5, 0.6) is 0 Å². The molecule has 0 aromatic heterocycles. The van der Waals surface area contributed by atoms with Gasteiger partial charge in [-0.3, -0.25) is 18.6 Å².